The Morgan fingerprint density at radius 1 is 1.19 bits per heavy atom. The first-order valence-electron chi connectivity index (χ1n) is 5.61. The van der Waals surface area contributed by atoms with Gasteiger partial charge in [-0.2, -0.15) is 8.78 Å². The molecule has 0 N–H and O–H groups in total. The topological polar surface area (TPSA) is 40.6 Å². The fourth-order valence-corrected chi connectivity index (χ4v) is 1.89. The molecule has 0 saturated carbocycles. The van der Waals surface area contributed by atoms with Crippen molar-refractivity contribution in [3.63, 3.8) is 0 Å². The number of hydrogen-bond donors (Lipinski definition) is 0. The van der Waals surface area contributed by atoms with E-state index in [0.29, 0.717) is 4.47 Å². The van der Waals surface area contributed by atoms with Gasteiger partial charge in [-0.1, -0.05) is 0 Å². The predicted octanol–water partition coefficient (Wildman–Crippen LogP) is 4.39. The first-order chi connectivity index (χ1) is 9.99. The molecule has 0 aliphatic rings. The molecule has 0 spiro atoms. The largest absolute Gasteiger partial charge is 0.493 e. The number of benzene rings is 1. The second kappa shape index (κ2) is 6.66. The van der Waals surface area contributed by atoms with Gasteiger partial charge in [0.05, 0.1) is 17.8 Å². The minimum atomic E-state index is -2.94. The second-order valence-electron chi connectivity index (χ2n) is 3.73. The minimum absolute atomic E-state index is 0.0986. The molecule has 4 nitrogen and oxygen atoms in total. The first-order valence-corrected chi connectivity index (χ1v) is 6.40. The van der Waals surface area contributed by atoms with Crippen molar-refractivity contribution in [1.29, 1.82) is 0 Å². The van der Waals surface area contributed by atoms with Crippen LogP contribution in [0.15, 0.2) is 34.9 Å². The number of alkyl halides is 2. The van der Waals surface area contributed by atoms with Gasteiger partial charge in [0.2, 0.25) is 5.88 Å². The van der Waals surface area contributed by atoms with Crippen molar-refractivity contribution in [2.75, 3.05) is 7.11 Å². The van der Waals surface area contributed by atoms with E-state index in [4.69, 9.17) is 9.47 Å². The highest BCUT2D eigenvalue weighted by Crippen LogP contribution is 2.35. The Morgan fingerprint density at radius 3 is 2.57 bits per heavy atom. The maximum atomic E-state index is 13.1. The van der Waals surface area contributed by atoms with Crippen LogP contribution in [-0.2, 0) is 0 Å². The zero-order chi connectivity index (χ0) is 15.4. The minimum Gasteiger partial charge on any atom is -0.493 e. The summed E-state index contributed by atoms with van der Waals surface area (Å²) in [7, 11) is 1.36. The number of nitrogens with zero attached hydrogens (tertiary/aromatic N) is 1. The zero-order valence-electron chi connectivity index (χ0n) is 10.6. The number of ether oxygens (including phenoxy) is 3. The van der Waals surface area contributed by atoms with Crippen molar-refractivity contribution < 1.29 is 27.4 Å². The van der Waals surface area contributed by atoms with Crippen molar-refractivity contribution >= 4 is 15.9 Å². The van der Waals surface area contributed by atoms with Crippen LogP contribution in [0, 0.1) is 5.82 Å². The van der Waals surface area contributed by atoms with E-state index < -0.39 is 12.4 Å². The van der Waals surface area contributed by atoms with E-state index in [0.717, 1.165) is 12.3 Å². The van der Waals surface area contributed by atoms with E-state index in [1.807, 2.05) is 0 Å². The molecule has 0 fully saturated rings. The lowest BCUT2D eigenvalue weighted by Gasteiger charge is -2.11. The van der Waals surface area contributed by atoms with Crippen molar-refractivity contribution in [3.8, 4) is 23.1 Å². The van der Waals surface area contributed by atoms with Gasteiger partial charge >= 0.3 is 6.61 Å². The normalized spacial score (nSPS) is 10.6. The van der Waals surface area contributed by atoms with Crippen LogP contribution >= 0.6 is 15.9 Å². The lowest BCUT2D eigenvalue weighted by Crippen LogP contribution is -2.02. The summed E-state index contributed by atoms with van der Waals surface area (Å²) >= 11 is 3.13. The van der Waals surface area contributed by atoms with Crippen LogP contribution in [0.25, 0.3) is 0 Å². The molecule has 1 heterocycles. The molecule has 0 amide bonds. The lowest BCUT2D eigenvalue weighted by molar-refractivity contribution is -0.0501. The van der Waals surface area contributed by atoms with Gasteiger partial charge in [0, 0.05) is 12.1 Å². The summed E-state index contributed by atoms with van der Waals surface area (Å²) < 4.78 is 52.2. The summed E-state index contributed by atoms with van der Waals surface area (Å²) in [5.74, 6) is -0.0880. The molecule has 2 rings (SSSR count). The monoisotopic (exact) mass is 363 g/mol. The van der Waals surface area contributed by atoms with E-state index in [-0.39, 0.29) is 23.1 Å². The van der Waals surface area contributed by atoms with Gasteiger partial charge in [-0.15, -0.1) is 0 Å². The van der Waals surface area contributed by atoms with Crippen molar-refractivity contribution in [2.45, 2.75) is 6.61 Å². The van der Waals surface area contributed by atoms with Crippen LogP contribution in [0.2, 0.25) is 0 Å². The third kappa shape index (κ3) is 4.01. The highest BCUT2D eigenvalue weighted by atomic mass is 79.9. The maximum absolute atomic E-state index is 13.1. The van der Waals surface area contributed by atoms with Gasteiger partial charge in [-0.3, -0.25) is 0 Å². The molecule has 0 aliphatic carbocycles. The molecule has 112 valence electrons. The molecule has 21 heavy (non-hydrogen) atoms. The average Bonchev–Trinajstić information content (AvgIpc) is 2.42. The number of hydrogen-bond acceptors (Lipinski definition) is 4. The van der Waals surface area contributed by atoms with Crippen molar-refractivity contribution in [3.05, 3.63) is 40.8 Å². The standard InChI is InChI=1S/C13H9BrF3NO3/c1-19-11-4-7(15)2-3-10(11)21-12-9(14)5-8(6-18-12)20-13(16)17/h2-6,13H,1H3. The van der Waals surface area contributed by atoms with Crippen molar-refractivity contribution in [2.24, 2.45) is 0 Å². The maximum Gasteiger partial charge on any atom is 0.387 e. The summed E-state index contributed by atoms with van der Waals surface area (Å²) in [5.41, 5.74) is 0. The Balaban J connectivity index is 2.24. The van der Waals surface area contributed by atoms with Gasteiger partial charge < -0.3 is 14.2 Å². The number of pyridine rings is 1. The molecule has 0 radical (unpaired) electrons. The van der Waals surface area contributed by atoms with Gasteiger partial charge in [0.1, 0.15) is 11.6 Å². The number of rotatable bonds is 5. The molecular formula is C13H9BrF3NO3. The Bertz CT molecular complexity index is 640. The van der Waals surface area contributed by atoms with E-state index in [1.54, 1.807) is 0 Å². The van der Waals surface area contributed by atoms with E-state index >= 15 is 0 Å². The number of aromatic nitrogens is 1. The Labute approximate surface area is 126 Å². The summed E-state index contributed by atoms with van der Waals surface area (Å²) in [5, 5.41) is 0. The highest BCUT2D eigenvalue weighted by Gasteiger charge is 2.13. The third-order valence-corrected chi connectivity index (χ3v) is 2.91. The average molecular weight is 364 g/mol. The smallest absolute Gasteiger partial charge is 0.387 e. The SMILES string of the molecule is COc1cc(F)ccc1Oc1ncc(OC(F)F)cc1Br. The molecule has 8 heteroatoms. The molecule has 0 atom stereocenters. The van der Waals surface area contributed by atoms with Crippen LogP contribution in [0.1, 0.15) is 0 Å². The molecule has 0 saturated heterocycles. The van der Waals surface area contributed by atoms with E-state index in [9.17, 15) is 13.2 Å². The Morgan fingerprint density at radius 2 is 1.95 bits per heavy atom. The highest BCUT2D eigenvalue weighted by molar-refractivity contribution is 9.10. The van der Waals surface area contributed by atoms with Crippen molar-refractivity contribution in [1.82, 2.24) is 4.98 Å². The Hall–Kier alpha value is -1.96. The van der Waals surface area contributed by atoms with Gasteiger partial charge in [-0.05, 0) is 28.1 Å². The third-order valence-electron chi connectivity index (χ3n) is 2.34. The molecule has 0 bridgehead atoms. The summed E-state index contributed by atoms with van der Waals surface area (Å²) in [6.07, 6.45) is 1.09. The summed E-state index contributed by atoms with van der Waals surface area (Å²) in [4.78, 5) is 3.85. The number of methoxy groups -OCH3 is 1. The van der Waals surface area contributed by atoms with Crippen LogP contribution in [0.5, 0.6) is 23.1 Å². The molecule has 0 unspecified atom stereocenters. The Kier molecular flexibility index (Phi) is 4.89. The fourth-order valence-electron chi connectivity index (χ4n) is 1.48. The summed E-state index contributed by atoms with van der Waals surface area (Å²) in [6.45, 7) is -2.94. The van der Waals surface area contributed by atoms with E-state index in [1.165, 1.54) is 25.3 Å². The molecule has 1 aromatic heterocycles. The lowest BCUT2D eigenvalue weighted by atomic mass is 10.3. The number of halogens is 4. The second-order valence-corrected chi connectivity index (χ2v) is 4.59. The van der Waals surface area contributed by atoms with Crippen LogP contribution < -0.4 is 14.2 Å². The van der Waals surface area contributed by atoms with Crippen LogP contribution in [0.3, 0.4) is 0 Å². The van der Waals surface area contributed by atoms with Gasteiger partial charge in [0.15, 0.2) is 11.5 Å². The van der Waals surface area contributed by atoms with Gasteiger partial charge in [-0.25, -0.2) is 9.37 Å². The molecular weight excluding hydrogens is 355 g/mol. The molecule has 0 aliphatic heterocycles. The van der Waals surface area contributed by atoms with Gasteiger partial charge in [0.25, 0.3) is 0 Å². The summed E-state index contributed by atoms with van der Waals surface area (Å²) in [6, 6.07) is 4.99. The first kappa shape index (κ1) is 15.4. The quantitative estimate of drug-likeness (QED) is 0.789. The van der Waals surface area contributed by atoms with Crippen LogP contribution in [-0.4, -0.2) is 18.7 Å². The van der Waals surface area contributed by atoms with E-state index in [2.05, 4.69) is 25.7 Å². The van der Waals surface area contributed by atoms with Crippen LogP contribution in [0.4, 0.5) is 13.2 Å². The molecule has 2 aromatic rings. The fraction of sp³-hybridized carbons (Fsp3) is 0.154. The predicted molar refractivity (Wildman–Crippen MR) is 71.6 cm³/mol. The molecule has 1 aromatic carbocycles. The zero-order valence-corrected chi connectivity index (χ0v) is 12.2.